The molecule has 1 rings (SSSR count). The van der Waals surface area contributed by atoms with E-state index in [1.165, 1.54) is 0 Å². The molecule has 0 spiro atoms. The Kier molecular flexibility index (Phi) is 0.845. The summed E-state index contributed by atoms with van der Waals surface area (Å²) in [5.41, 5.74) is 5.43. The zero-order chi connectivity index (χ0) is 4.57. The first-order valence-corrected chi connectivity index (χ1v) is 2.37. The van der Waals surface area contributed by atoms with Gasteiger partial charge in [0.15, 0.2) is 0 Å². The van der Waals surface area contributed by atoms with Crippen molar-refractivity contribution in [3.8, 4) is 0 Å². The van der Waals surface area contributed by atoms with Gasteiger partial charge in [0, 0.05) is 6.04 Å². The number of nitrogens with two attached hydrogens (primary N) is 1. The zero-order valence-corrected chi connectivity index (χ0v) is 3.85. The minimum Gasteiger partial charge on any atom is -0.328 e. The van der Waals surface area contributed by atoms with Gasteiger partial charge >= 0.3 is 0 Å². The Labute approximate surface area is 38.5 Å². The molecule has 0 unspecified atom stereocenters. The molecule has 1 aliphatic rings. The molecule has 1 radical (unpaired) electrons. The standard InChI is InChI=1S/C5H10N/c1-4-2-5(6)3-4/h4-5H,1-3,6H2. The van der Waals surface area contributed by atoms with Crippen LogP contribution in [-0.4, -0.2) is 6.04 Å². The van der Waals surface area contributed by atoms with E-state index < -0.39 is 0 Å². The van der Waals surface area contributed by atoms with Gasteiger partial charge in [0.2, 0.25) is 0 Å². The van der Waals surface area contributed by atoms with E-state index in [-0.39, 0.29) is 0 Å². The van der Waals surface area contributed by atoms with Gasteiger partial charge < -0.3 is 5.73 Å². The smallest absolute Gasteiger partial charge is 0.00441 e. The van der Waals surface area contributed by atoms with Gasteiger partial charge in [0.1, 0.15) is 0 Å². The molecule has 1 heteroatoms. The van der Waals surface area contributed by atoms with Gasteiger partial charge in [-0.2, -0.15) is 0 Å². The second-order valence-corrected chi connectivity index (χ2v) is 2.10. The highest BCUT2D eigenvalue weighted by Crippen LogP contribution is 2.23. The van der Waals surface area contributed by atoms with Crippen molar-refractivity contribution >= 4 is 0 Å². The minimum atomic E-state index is 0.479. The van der Waals surface area contributed by atoms with Crippen molar-refractivity contribution < 1.29 is 0 Å². The third-order valence-corrected chi connectivity index (χ3v) is 1.27. The maximum absolute atomic E-state index is 5.43. The highest BCUT2D eigenvalue weighted by Gasteiger charge is 2.20. The van der Waals surface area contributed by atoms with Crippen LogP contribution in [0, 0.1) is 12.8 Å². The molecule has 2 N–H and O–H groups in total. The van der Waals surface area contributed by atoms with Crippen LogP contribution in [0.4, 0.5) is 0 Å². The van der Waals surface area contributed by atoms with E-state index in [4.69, 9.17) is 5.73 Å². The summed E-state index contributed by atoms with van der Waals surface area (Å²) in [6.07, 6.45) is 2.28. The first kappa shape index (κ1) is 4.13. The van der Waals surface area contributed by atoms with Gasteiger partial charge in [-0.05, 0) is 18.8 Å². The van der Waals surface area contributed by atoms with Gasteiger partial charge in [0.25, 0.3) is 0 Å². The van der Waals surface area contributed by atoms with Gasteiger partial charge in [-0.1, -0.05) is 6.92 Å². The summed E-state index contributed by atoms with van der Waals surface area (Å²) in [6, 6.07) is 0.479. The van der Waals surface area contributed by atoms with Crippen LogP contribution >= 0.6 is 0 Å². The van der Waals surface area contributed by atoms with Gasteiger partial charge in [-0.15, -0.1) is 0 Å². The molecule has 0 amide bonds. The van der Waals surface area contributed by atoms with Crippen molar-refractivity contribution in [1.82, 2.24) is 0 Å². The molecule has 35 valence electrons. The van der Waals surface area contributed by atoms with E-state index in [1.807, 2.05) is 0 Å². The Morgan fingerprint density at radius 2 is 2.00 bits per heavy atom. The molecule has 0 aromatic heterocycles. The Morgan fingerprint density at radius 1 is 1.50 bits per heavy atom. The fraction of sp³-hybridized carbons (Fsp3) is 0.800. The first-order chi connectivity index (χ1) is 2.79. The number of hydrogen-bond donors (Lipinski definition) is 1. The average molecular weight is 84.1 g/mol. The van der Waals surface area contributed by atoms with Crippen molar-refractivity contribution in [2.24, 2.45) is 11.7 Å². The van der Waals surface area contributed by atoms with Crippen molar-refractivity contribution in [2.45, 2.75) is 18.9 Å². The third-order valence-electron chi connectivity index (χ3n) is 1.27. The van der Waals surface area contributed by atoms with Crippen molar-refractivity contribution in [3.05, 3.63) is 6.92 Å². The zero-order valence-electron chi connectivity index (χ0n) is 3.85. The lowest BCUT2D eigenvalue weighted by Gasteiger charge is -2.28. The fourth-order valence-corrected chi connectivity index (χ4v) is 0.787. The van der Waals surface area contributed by atoms with E-state index in [0.29, 0.717) is 12.0 Å². The summed E-state index contributed by atoms with van der Waals surface area (Å²) in [6.45, 7) is 3.81. The minimum absolute atomic E-state index is 0.479. The maximum Gasteiger partial charge on any atom is 0.00441 e. The summed E-state index contributed by atoms with van der Waals surface area (Å²) in [7, 11) is 0. The molecular weight excluding hydrogens is 74.1 g/mol. The predicted molar refractivity (Wildman–Crippen MR) is 26.1 cm³/mol. The molecular formula is C5H10N. The average Bonchev–Trinajstić information content (AvgIpc) is 1.33. The van der Waals surface area contributed by atoms with Crippen LogP contribution in [0.25, 0.3) is 0 Å². The second kappa shape index (κ2) is 1.23. The van der Waals surface area contributed by atoms with E-state index >= 15 is 0 Å². The van der Waals surface area contributed by atoms with Crippen molar-refractivity contribution in [3.63, 3.8) is 0 Å². The van der Waals surface area contributed by atoms with Crippen LogP contribution in [0.5, 0.6) is 0 Å². The Balaban J connectivity index is 2.11. The Hall–Kier alpha value is -0.0400. The molecule has 0 saturated heterocycles. The van der Waals surface area contributed by atoms with Crippen molar-refractivity contribution in [2.75, 3.05) is 0 Å². The van der Waals surface area contributed by atoms with Gasteiger partial charge in [-0.3, -0.25) is 0 Å². The molecule has 0 aromatic rings. The summed E-state index contributed by atoms with van der Waals surface area (Å²) >= 11 is 0. The quantitative estimate of drug-likeness (QED) is 0.456. The summed E-state index contributed by atoms with van der Waals surface area (Å²) in [5.74, 6) is 0.667. The molecule has 1 nitrogen and oxygen atoms in total. The number of hydrogen-bond acceptors (Lipinski definition) is 1. The summed E-state index contributed by atoms with van der Waals surface area (Å²) in [5, 5.41) is 0. The van der Waals surface area contributed by atoms with E-state index in [1.54, 1.807) is 0 Å². The Morgan fingerprint density at radius 3 is 2.00 bits per heavy atom. The monoisotopic (exact) mass is 84.1 g/mol. The highest BCUT2D eigenvalue weighted by atomic mass is 14.7. The predicted octanol–water partition coefficient (Wildman–Crippen LogP) is 0.558. The summed E-state index contributed by atoms with van der Waals surface area (Å²) < 4.78 is 0. The van der Waals surface area contributed by atoms with Crippen LogP contribution in [0.3, 0.4) is 0 Å². The van der Waals surface area contributed by atoms with Crippen LogP contribution < -0.4 is 5.73 Å². The molecule has 1 saturated carbocycles. The molecule has 0 aromatic carbocycles. The van der Waals surface area contributed by atoms with Gasteiger partial charge in [0.05, 0.1) is 0 Å². The maximum atomic E-state index is 5.43. The van der Waals surface area contributed by atoms with Crippen molar-refractivity contribution in [1.29, 1.82) is 0 Å². The molecule has 1 fully saturated rings. The summed E-state index contributed by atoms with van der Waals surface area (Å²) in [4.78, 5) is 0. The van der Waals surface area contributed by atoms with Crippen LogP contribution in [0.2, 0.25) is 0 Å². The molecule has 1 aliphatic carbocycles. The lowest BCUT2D eigenvalue weighted by molar-refractivity contribution is 0.321. The molecule has 0 aliphatic heterocycles. The van der Waals surface area contributed by atoms with E-state index in [0.717, 1.165) is 12.8 Å². The SMILES string of the molecule is [CH2]C1CC(N)C1. The molecule has 6 heavy (non-hydrogen) atoms. The third kappa shape index (κ3) is 0.548. The highest BCUT2D eigenvalue weighted by molar-refractivity contribution is 4.82. The second-order valence-electron chi connectivity index (χ2n) is 2.10. The first-order valence-electron chi connectivity index (χ1n) is 2.37. The van der Waals surface area contributed by atoms with E-state index in [9.17, 15) is 0 Å². The van der Waals surface area contributed by atoms with Crippen LogP contribution in [0.15, 0.2) is 0 Å². The van der Waals surface area contributed by atoms with Crippen LogP contribution in [0.1, 0.15) is 12.8 Å². The van der Waals surface area contributed by atoms with E-state index in [2.05, 4.69) is 6.92 Å². The van der Waals surface area contributed by atoms with Crippen LogP contribution in [-0.2, 0) is 0 Å². The topological polar surface area (TPSA) is 26.0 Å². The lowest BCUT2D eigenvalue weighted by Crippen LogP contribution is -2.34. The number of rotatable bonds is 0. The largest absolute Gasteiger partial charge is 0.328 e. The lowest BCUT2D eigenvalue weighted by atomic mass is 9.83. The molecule has 0 heterocycles. The fourth-order valence-electron chi connectivity index (χ4n) is 0.787. The normalized spacial score (nSPS) is 45.0. The molecule has 0 atom stereocenters. The Bertz CT molecular complexity index is 39.9. The van der Waals surface area contributed by atoms with Gasteiger partial charge in [-0.25, -0.2) is 0 Å². The molecule has 0 bridgehead atoms.